The summed E-state index contributed by atoms with van der Waals surface area (Å²) in [7, 11) is 0. The molecule has 0 aliphatic heterocycles. The van der Waals surface area contributed by atoms with Crippen molar-refractivity contribution in [2.45, 2.75) is 25.8 Å². The quantitative estimate of drug-likeness (QED) is 0.485. The van der Waals surface area contributed by atoms with Gasteiger partial charge in [0.2, 0.25) is 5.91 Å². The maximum absolute atomic E-state index is 11.1. The molecule has 0 fully saturated rings. The first-order chi connectivity index (χ1) is 7.47. The third-order valence-electron chi connectivity index (χ3n) is 1.59. The van der Waals surface area contributed by atoms with Gasteiger partial charge in [-0.3, -0.25) is 9.59 Å². The number of carbonyl (C=O) groups excluding carboxylic acids is 1. The average molecular weight is 233 g/mol. The lowest BCUT2D eigenvalue weighted by atomic mass is 10.2. The fourth-order valence-corrected chi connectivity index (χ4v) is 0.920. The fourth-order valence-electron chi connectivity index (χ4n) is 0.920. The maximum atomic E-state index is 11.1. The van der Waals surface area contributed by atoms with Gasteiger partial charge in [-0.15, -0.1) is 0 Å². The van der Waals surface area contributed by atoms with Gasteiger partial charge in [-0.05, 0) is 6.42 Å². The molecule has 0 aromatic heterocycles. The molecule has 7 nitrogen and oxygen atoms in total. The van der Waals surface area contributed by atoms with Gasteiger partial charge in [0.1, 0.15) is 12.6 Å². The van der Waals surface area contributed by atoms with E-state index in [1.54, 1.807) is 0 Å². The molecule has 1 atom stereocenters. The van der Waals surface area contributed by atoms with Crippen LogP contribution in [0.4, 0.5) is 0 Å². The van der Waals surface area contributed by atoms with Crippen LogP contribution in [-0.4, -0.2) is 47.3 Å². The van der Waals surface area contributed by atoms with Gasteiger partial charge in [0.25, 0.3) is 0 Å². The number of carboxylic acid groups (broad SMARTS) is 2. The first kappa shape index (κ1) is 14.4. The van der Waals surface area contributed by atoms with Gasteiger partial charge in [-0.2, -0.15) is 0 Å². The van der Waals surface area contributed by atoms with E-state index in [1.807, 2.05) is 6.92 Å². The van der Waals surface area contributed by atoms with Crippen LogP contribution in [0.15, 0.2) is 0 Å². The van der Waals surface area contributed by atoms with Crippen LogP contribution in [-0.2, 0) is 19.1 Å². The van der Waals surface area contributed by atoms with Crippen molar-refractivity contribution >= 4 is 17.8 Å². The molecule has 0 heterocycles. The van der Waals surface area contributed by atoms with E-state index in [4.69, 9.17) is 14.9 Å². The van der Waals surface area contributed by atoms with Gasteiger partial charge >= 0.3 is 11.9 Å². The largest absolute Gasteiger partial charge is 0.481 e. The number of aliphatic carboxylic acids is 2. The number of ether oxygens (including phenoxy) is 1. The molecular formula is C9H15NO6. The Balaban J connectivity index is 4.03. The number of carboxylic acids is 2. The molecule has 0 spiro atoms. The Morgan fingerprint density at radius 2 is 1.94 bits per heavy atom. The second-order valence-corrected chi connectivity index (χ2v) is 3.11. The first-order valence-corrected chi connectivity index (χ1v) is 4.79. The van der Waals surface area contributed by atoms with Crippen LogP contribution in [0.25, 0.3) is 0 Å². The summed E-state index contributed by atoms with van der Waals surface area (Å²) in [5.41, 5.74) is 0. The van der Waals surface area contributed by atoms with Crippen LogP contribution in [0.1, 0.15) is 19.8 Å². The minimum Gasteiger partial charge on any atom is -0.481 e. The minimum absolute atomic E-state index is 0.267. The molecule has 1 unspecified atom stereocenters. The smallest absolute Gasteiger partial charge is 0.326 e. The number of carbonyl (C=O) groups is 3. The molecule has 7 heteroatoms. The monoisotopic (exact) mass is 233 g/mol. The van der Waals surface area contributed by atoms with Crippen molar-refractivity contribution in [2.24, 2.45) is 0 Å². The highest BCUT2D eigenvalue weighted by molar-refractivity contribution is 5.87. The van der Waals surface area contributed by atoms with Crippen molar-refractivity contribution in [2.75, 3.05) is 13.2 Å². The van der Waals surface area contributed by atoms with E-state index in [0.29, 0.717) is 6.61 Å². The Morgan fingerprint density at radius 3 is 2.38 bits per heavy atom. The summed E-state index contributed by atoms with van der Waals surface area (Å²) >= 11 is 0. The standard InChI is InChI=1S/C9H15NO6/c1-2-3-16-5-7(11)10-6(9(14)15)4-8(12)13/h6H,2-5H2,1H3,(H,10,11)(H,12,13)(H,14,15). The van der Waals surface area contributed by atoms with Crippen molar-refractivity contribution in [3.8, 4) is 0 Å². The van der Waals surface area contributed by atoms with Crippen molar-refractivity contribution in [1.82, 2.24) is 5.32 Å². The summed E-state index contributed by atoms with van der Waals surface area (Å²) in [6.45, 7) is 1.99. The predicted octanol–water partition coefficient (Wildman–Crippen LogP) is -0.543. The second kappa shape index (κ2) is 7.63. The van der Waals surface area contributed by atoms with Gasteiger partial charge in [0.15, 0.2) is 0 Å². The van der Waals surface area contributed by atoms with Crippen LogP contribution >= 0.6 is 0 Å². The first-order valence-electron chi connectivity index (χ1n) is 4.79. The molecule has 0 rings (SSSR count). The van der Waals surface area contributed by atoms with Crippen LogP contribution in [0.2, 0.25) is 0 Å². The lowest BCUT2D eigenvalue weighted by molar-refractivity contribution is -0.147. The van der Waals surface area contributed by atoms with E-state index in [1.165, 1.54) is 0 Å². The van der Waals surface area contributed by atoms with Crippen LogP contribution in [0.5, 0.6) is 0 Å². The maximum Gasteiger partial charge on any atom is 0.326 e. The lowest BCUT2D eigenvalue weighted by Gasteiger charge is -2.12. The molecule has 0 aromatic carbocycles. The zero-order chi connectivity index (χ0) is 12.6. The van der Waals surface area contributed by atoms with Crippen molar-refractivity contribution in [3.63, 3.8) is 0 Å². The highest BCUT2D eigenvalue weighted by Gasteiger charge is 2.22. The van der Waals surface area contributed by atoms with Gasteiger partial charge in [0.05, 0.1) is 6.42 Å². The molecule has 1 amide bonds. The lowest BCUT2D eigenvalue weighted by Crippen LogP contribution is -2.43. The van der Waals surface area contributed by atoms with E-state index in [9.17, 15) is 14.4 Å². The minimum atomic E-state index is -1.42. The van der Waals surface area contributed by atoms with Gasteiger partial charge < -0.3 is 20.3 Å². The molecule has 0 saturated carbocycles. The van der Waals surface area contributed by atoms with Gasteiger partial charge in [0, 0.05) is 6.61 Å². The molecule has 0 saturated heterocycles. The molecule has 0 aliphatic rings. The molecule has 16 heavy (non-hydrogen) atoms. The number of hydrogen-bond acceptors (Lipinski definition) is 4. The SMILES string of the molecule is CCCOCC(=O)NC(CC(=O)O)C(=O)O. The third-order valence-corrected chi connectivity index (χ3v) is 1.59. The summed E-state index contributed by atoms with van der Waals surface area (Å²) < 4.78 is 4.88. The zero-order valence-electron chi connectivity index (χ0n) is 8.93. The van der Waals surface area contributed by atoms with E-state index in [-0.39, 0.29) is 6.61 Å². The fraction of sp³-hybridized carbons (Fsp3) is 0.667. The molecule has 3 N–H and O–H groups in total. The Labute approximate surface area is 92.4 Å². The predicted molar refractivity (Wildman–Crippen MR) is 52.9 cm³/mol. The average Bonchev–Trinajstić information content (AvgIpc) is 2.16. The van der Waals surface area contributed by atoms with Crippen molar-refractivity contribution in [3.05, 3.63) is 0 Å². The van der Waals surface area contributed by atoms with Gasteiger partial charge in [-0.1, -0.05) is 6.92 Å². The zero-order valence-corrected chi connectivity index (χ0v) is 8.93. The van der Waals surface area contributed by atoms with Crippen molar-refractivity contribution < 1.29 is 29.3 Å². The molecular weight excluding hydrogens is 218 g/mol. The van der Waals surface area contributed by atoms with Gasteiger partial charge in [-0.25, -0.2) is 4.79 Å². The number of rotatable bonds is 8. The number of nitrogens with one attached hydrogen (secondary N) is 1. The normalized spacial score (nSPS) is 11.8. The highest BCUT2D eigenvalue weighted by Crippen LogP contribution is 1.93. The summed E-state index contributed by atoms with van der Waals surface area (Å²) in [4.78, 5) is 32.0. The molecule has 0 aliphatic carbocycles. The van der Waals surface area contributed by atoms with E-state index >= 15 is 0 Å². The Kier molecular flexibility index (Phi) is 6.86. The molecule has 92 valence electrons. The third kappa shape index (κ3) is 6.77. The van der Waals surface area contributed by atoms with Crippen LogP contribution in [0.3, 0.4) is 0 Å². The van der Waals surface area contributed by atoms with Crippen LogP contribution < -0.4 is 5.32 Å². The topological polar surface area (TPSA) is 113 Å². The molecule has 0 radical (unpaired) electrons. The summed E-state index contributed by atoms with van der Waals surface area (Å²) in [5, 5.41) is 19.1. The highest BCUT2D eigenvalue weighted by atomic mass is 16.5. The molecule has 0 bridgehead atoms. The van der Waals surface area contributed by atoms with E-state index < -0.39 is 30.3 Å². The molecule has 0 aromatic rings. The Morgan fingerprint density at radius 1 is 1.31 bits per heavy atom. The summed E-state index contributed by atoms with van der Waals surface area (Å²) in [5.74, 6) is -3.31. The second-order valence-electron chi connectivity index (χ2n) is 3.11. The van der Waals surface area contributed by atoms with Crippen LogP contribution in [0, 0.1) is 0 Å². The number of hydrogen-bond donors (Lipinski definition) is 3. The number of amides is 1. The Hall–Kier alpha value is -1.63. The van der Waals surface area contributed by atoms with E-state index in [0.717, 1.165) is 6.42 Å². The summed E-state index contributed by atoms with van der Waals surface area (Å²) in [6, 6.07) is -1.42. The Bertz CT molecular complexity index is 265. The van der Waals surface area contributed by atoms with E-state index in [2.05, 4.69) is 5.32 Å². The van der Waals surface area contributed by atoms with Crippen molar-refractivity contribution in [1.29, 1.82) is 0 Å². The summed E-state index contributed by atoms with van der Waals surface area (Å²) in [6.07, 6.45) is 0.0830.